The van der Waals surface area contributed by atoms with Gasteiger partial charge in [-0.25, -0.2) is 4.99 Å². The minimum Gasteiger partial charge on any atom is -0.367 e. The molecular formula is C13H21ClN2. The van der Waals surface area contributed by atoms with Crippen LogP contribution in [0.25, 0.3) is 0 Å². The van der Waals surface area contributed by atoms with E-state index in [1.54, 1.807) is 6.08 Å². The monoisotopic (exact) mass is 240 g/mol. The van der Waals surface area contributed by atoms with Crippen LogP contribution >= 0.6 is 11.6 Å². The fourth-order valence-electron chi connectivity index (χ4n) is 1.55. The standard InChI is InChI=1S/C13H21ClN2/c1-4-7-10(3)13(16-12(14)5-2)15-11-8-6-9-11/h5,11H,3-4,6-9H2,1-2H3,(H,15,16)/b12-5-. The summed E-state index contributed by atoms with van der Waals surface area (Å²) in [6.07, 6.45) is 7.60. The van der Waals surface area contributed by atoms with Gasteiger partial charge in [0, 0.05) is 6.04 Å². The van der Waals surface area contributed by atoms with Crippen LogP contribution in [0.5, 0.6) is 0 Å². The molecule has 0 amide bonds. The molecule has 16 heavy (non-hydrogen) atoms. The van der Waals surface area contributed by atoms with Crippen LogP contribution < -0.4 is 5.32 Å². The minimum atomic E-state index is 0.527. The summed E-state index contributed by atoms with van der Waals surface area (Å²) in [6.45, 7) is 8.09. The SMILES string of the molecule is C=C(CCC)/C(=N\C(Cl)=C/C)NC1CCC1. The average molecular weight is 241 g/mol. The Bertz CT molecular complexity index is 301. The van der Waals surface area contributed by atoms with E-state index in [1.165, 1.54) is 19.3 Å². The Morgan fingerprint density at radius 3 is 2.69 bits per heavy atom. The molecule has 1 N–H and O–H groups in total. The Morgan fingerprint density at radius 2 is 2.25 bits per heavy atom. The van der Waals surface area contributed by atoms with Gasteiger partial charge in [-0.15, -0.1) is 0 Å². The van der Waals surface area contributed by atoms with Gasteiger partial charge in [0.25, 0.3) is 0 Å². The molecule has 0 bridgehead atoms. The highest BCUT2D eigenvalue weighted by Gasteiger charge is 2.19. The summed E-state index contributed by atoms with van der Waals surface area (Å²) in [6, 6.07) is 0.564. The van der Waals surface area contributed by atoms with Crippen molar-refractivity contribution in [3.8, 4) is 0 Å². The molecule has 0 heterocycles. The van der Waals surface area contributed by atoms with Crippen molar-refractivity contribution in [2.24, 2.45) is 4.99 Å². The van der Waals surface area contributed by atoms with Crippen molar-refractivity contribution >= 4 is 17.4 Å². The molecule has 0 saturated heterocycles. The predicted octanol–water partition coefficient (Wildman–Crippen LogP) is 3.98. The van der Waals surface area contributed by atoms with Crippen LogP contribution in [0, 0.1) is 0 Å². The molecule has 1 rings (SSSR count). The van der Waals surface area contributed by atoms with Gasteiger partial charge in [-0.2, -0.15) is 0 Å². The van der Waals surface area contributed by atoms with E-state index in [2.05, 4.69) is 23.8 Å². The second-order valence-electron chi connectivity index (χ2n) is 4.20. The van der Waals surface area contributed by atoms with Gasteiger partial charge in [-0.3, -0.25) is 0 Å². The van der Waals surface area contributed by atoms with E-state index in [0.29, 0.717) is 11.2 Å². The van der Waals surface area contributed by atoms with Gasteiger partial charge in [-0.1, -0.05) is 37.6 Å². The molecule has 2 nitrogen and oxygen atoms in total. The third kappa shape index (κ3) is 4.01. The number of aliphatic imine (C=N–C) groups is 1. The smallest absolute Gasteiger partial charge is 0.130 e. The van der Waals surface area contributed by atoms with E-state index in [4.69, 9.17) is 11.6 Å². The second kappa shape index (κ2) is 6.74. The zero-order valence-corrected chi connectivity index (χ0v) is 11.0. The van der Waals surface area contributed by atoms with Crippen LogP contribution in [0.4, 0.5) is 0 Å². The van der Waals surface area contributed by atoms with Crippen molar-refractivity contribution in [3.05, 3.63) is 23.4 Å². The third-order valence-corrected chi connectivity index (χ3v) is 3.09. The van der Waals surface area contributed by atoms with Crippen molar-refractivity contribution in [3.63, 3.8) is 0 Å². The highest BCUT2D eigenvalue weighted by molar-refractivity contribution is 6.30. The van der Waals surface area contributed by atoms with Crippen molar-refractivity contribution in [2.45, 2.75) is 52.0 Å². The molecule has 0 unspecified atom stereocenters. The average Bonchev–Trinajstić information content (AvgIpc) is 2.21. The fraction of sp³-hybridized carbons (Fsp3) is 0.615. The Morgan fingerprint density at radius 1 is 1.56 bits per heavy atom. The molecule has 1 aliphatic rings. The molecule has 90 valence electrons. The molecule has 3 heteroatoms. The highest BCUT2D eigenvalue weighted by Crippen LogP contribution is 2.20. The van der Waals surface area contributed by atoms with Crippen LogP contribution in [-0.2, 0) is 0 Å². The molecule has 0 aliphatic heterocycles. The van der Waals surface area contributed by atoms with Crippen LogP contribution in [0.3, 0.4) is 0 Å². The van der Waals surface area contributed by atoms with Gasteiger partial charge in [0.2, 0.25) is 0 Å². The Labute approximate surface area is 103 Å². The third-order valence-electron chi connectivity index (χ3n) is 2.79. The van der Waals surface area contributed by atoms with Crippen LogP contribution in [-0.4, -0.2) is 11.9 Å². The summed E-state index contributed by atoms with van der Waals surface area (Å²) >= 11 is 5.94. The van der Waals surface area contributed by atoms with Crippen LogP contribution in [0.1, 0.15) is 46.0 Å². The van der Waals surface area contributed by atoms with Crippen molar-refractivity contribution in [1.82, 2.24) is 5.32 Å². The summed E-state index contributed by atoms with van der Waals surface area (Å²) in [5.74, 6) is 0.870. The number of hydrogen-bond donors (Lipinski definition) is 1. The number of halogens is 1. The summed E-state index contributed by atoms with van der Waals surface area (Å²) < 4.78 is 0. The lowest BCUT2D eigenvalue weighted by Gasteiger charge is -2.28. The quantitative estimate of drug-likeness (QED) is 0.439. The first-order valence-electron chi connectivity index (χ1n) is 6.02. The maximum absolute atomic E-state index is 5.94. The Balaban J connectivity index is 2.66. The minimum absolute atomic E-state index is 0.527. The summed E-state index contributed by atoms with van der Waals surface area (Å²) in [4.78, 5) is 4.37. The van der Waals surface area contributed by atoms with E-state index in [0.717, 1.165) is 24.3 Å². The molecule has 1 saturated carbocycles. The molecule has 0 spiro atoms. The molecule has 0 aromatic rings. The van der Waals surface area contributed by atoms with Crippen LogP contribution in [0.15, 0.2) is 28.4 Å². The molecule has 1 aliphatic carbocycles. The zero-order chi connectivity index (χ0) is 12.0. The van der Waals surface area contributed by atoms with Crippen molar-refractivity contribution in [1.29, 1.82) is 0 Å². The molecule has 0 aromatic heterocycles. The first kappa shape index (κ1) is 13.3. The van der Waals surface area contributed by atoms with Gasteiger partial charge in [-0.05, 0) is 38.2 Å². The molecular weight excluding hydrogens is 220 g/mol. The normalized spacial score (nSPS) is 18.2. The predicted molar refractivity (Wildman–Crippen MR) is 71.9 cm³/mol. The molecule has 0 radical (unpaired) electrons. The van der Waals surface area contributed by atoms with Crippen molar-refractivity contribution < 1.29 is 0 Å². The molecule has 0 aromatic carbocycles. The number of rotatable bonds is 5. The summed E-state index contributed by atoms with van der Waals surface area (Å²) in [7, 11) is 0. The van der Waals surface area contributed by atoms with Gasteiger partial charge in [0.1, 0.15) is 11.0 Å². The van der Waals surface area contributed by atoms with E-state index in [-0.39, 0.29) is 0 Å². The van der Waals surface area contributed by atoms with E-state index in [1.807, 2.05) is 6.92 Å². The largest absolute Gasteiger partial charge is 0.367 e. The van der Waals surface area contributed by atoms with Crippen LogP contribution in [0.2, 0.25) is 0 Å². The lowest BCUT2D eigenvalue weighted by Crippen LogP contribution is -2.40. The summed E-state index contributed by atoms with van der Waals surface area (Å²) in [5, 5.41) is 3.96. The van der Waals surface area contributed by atoms with E-state index < -0.39 is 0 Å². The topological polar surface area (TPSA) is 24.4 Å². The number of allylic oxidation sites excluding steroid dienone is 1. The Hall–Kier alpha value is -0.760. The maximum Gasteiger partial charge on any atom is 0.130 e. The number of amidine groups is 1. The van der Waals surface area contributed by atoms with Gasteiger partial charge in [0.15, 0.2) is 0 Å². The maximum atomic E-state index is 5.94. The van der Waals surface area contributed by atoms with E-state index >= 15 is 0 Å². The van der Waals surface area contributed by atoms with Gasteiger partial charge >= 0.3 is 0 Å². The first-order valence-corrected chi connectivity index (χ1v) is 6.40. The lowest BCUT2D eigenvalue weighted by molar-refractivity contribution is 0.383. The number of hydrogen-bond acceptors (Lipinski definition) is 1. The van der Waals surface area contributed by atoms with Crippen molar-refractivity contribution in [2.75, 3.05) is 0 Å². The Kier molecular flexibility index (Phi) is 5.61. The van der Waals surface area contributed by atoms with Gasteiger partial charge in [0.05, 0.1) is 0 Å². The zero-order valence-electron chi connectivity index (χ0n) is 10.2. The number of nitrogens with one attached hydrogen (secondary N) is 1. The van der Waals surface area contributed by atoms with Gasteiger partial charge < -0.3 is 5.32 Å². The molecule has 1 fully saturated rings. The van der Waals surface area contributed by atoms with E-state index in [9.17, 15) is 0 Å². The first-order chi connectivity index (χ1) is 7.67. The lowest BCUT2D eigenvalue weighted by atomic mass is 9.92. The highest BCUT2D eigenvalue weighted by atomic mass is 35.5. The second-order valence-corrected chi connectivity index (χ2v) is 4.58. The molecule has 0 atom stereocenters. The number of nitrogens with zero attached hydrogens (tertiary/aromatic N) is 1. The summed E-state index contributed by atoms with van der Waals surface area (Å²) in [5.41, 5.74) is 1.05. The fourth-order valence-corrected chi connectivity index (χ4v) is 1.64.